The lowest BCUT2D eigenvalue weighted by atomic mass is 10.1. The minimum absolute atomic E-state index is 0.0249. The first kappa shape index (κ1) is 18.6. The number of carbonyl (C=O) groups is 1. The van der Waals surface area contributed by atoms with E-state index >= 15 is 0 Å². The lowest BCUT2D eigenvalue weighted by Gasteiger charge is -2.00. The van der Waals surface area contributed by atoms with Crippen LogP contribution in [-0.2, 0) is 22.6 Å². The molecule has 29 heavy (non-hydrogen) atoms. The van der Waals surface area contributed by atoms with Gasteiger partial charge in [-0.25, -0.2) is 0 Å². The fourth-order valence-corrected chi connectivity index (χ4v) is 2.73. The summed E-state index contributed by atoms with van der Waals surface area (Å²) in [5.41, 5.74) is 3.64. The Labute approximate surface area is 167 Å². The third-order valence-corrected chi connectivity index (χ3v) is 4.31. The second kappa shape index (κ2) is 8.52. The Morgan fingerprint density at radius 2 is 1.79 bits per heavy atom. The van der Waals surface area contributed by atoms with Gasteiger partial charge in [-0.2, -0.15) is 0 Å². The van der Waals surface area contributed by atoms with E-state index in [0.29, 0.717) is 29.7 Å². The largest absolute Gasteiger partial charge is 0.457 e. The van der Waals surface area contributed by atoms with E-state index in [1.807, 2.05) is 61.5 Å². The molecule has 7 heteroatoms. The average molecular weight is 389 g/mol. The zero-order valence-electron chi connectivity index (χ0n) is 15.9. The summed E-state index contributed by atoms with van der Waals surface area (Å²) in [6.07, 6.45) is 0.443. The van der Waals surface area contributed by atoms with Gasteiger partial charge < -0.3 is 13.7 Å². The van der Waals surface area contributed by atoms with Gasteiger partial charge in [0.2, 0.25) is 11.8 Å². The van der Waals surface area contributed by atoms with Crippen LogP contribution in [0, 0.1) is 6.92 Å². The van der Waals surface area contributed by atoms with Crippen LogP contribution in [0.4, 0.5) is 0 Å². The molecule has 4 aromatic rings. The van der Waals surface area contributed by atoms with Crippen molar-refractivity contribution < 1.29 is 18.5 Å². The van der Waals surface area contributed by atoms with E-state index in [1.165, 1.54) is 0 Å². The van der Waals surface area contributed by atoms with Crippen LogP contribution in [0.2, 0.25) is 0 Å². The molecule has 7 nitrogen and oxygen atoms in total. The highest BCUT2D eigenvalue weighted by molar-refractivity contribution is 5.69. The predicted octanol–water partition coefficient (Wildman–Crippen LogP) is 4.38. The quantitative estimate of drug-likeness (QED) is 0.433. The maximum Gasteiger partial charge on any atom is 0.306 e. The van der Waals surface area contributed by atoms with Gasteiger partial charge in [0, 0.05) is 23.6 Å². The van der Waals surface area contributed by atoms with Crippen molar-refractivity contribution >= 4 is 5.97 Å². The summed E-state index contributed by atoms with van der Waals surface area (Å²) in [5.74, 6) is 0.932. The van der Waals surface area contributed by atoms with Gasteiger partial charge in [0.15, 0.2) is 12.4 Å². The Hall–Kier alpha value is -3.74. The van der Waals surface area contributed by atoms with Crippen LogP contribution < -0.4 is 0 Å². The number of carbonyl (C=O) groups excluding carboxylic acids is 1. The van der Waals surface area contributed by atoms with Crippen molar-refractivity contribution in [2.24, 2.45) is 0 Å². The molecule has 0 atom stereocenters. The van der Waals surface area contributed by atoms with E-state index < -0.39 is 0 Å². The maximum atomic E-state index is 12.0. The zero-order chi connectivity index (χ0) is 20.1. The van der Waals surface area contributed by atoms with Gasteiger partial charge >= 0.3 is 5.97 Å². The number of hydrogen-bond acceptors (Lipinski definition) is 7. The molecule has 0 saturated heterocycles. The van der Waals surface area contributed by atoms with Gasteiger partial charge in [-0.15, -0.1) is 10.2 Å². The third-order valence-electron chi connectivity index (χ3n) is 4.31. The number of ether oxygens (including phenoxy) is 1. The smallest absolute Gasteiger partial charge is 0.306 e. The summed E-state index contributed by atoms with van der Waals surface area (Å²) in [4.78, 5) is 12.0. The number of rotatable bonds is 7. The molecule has 146 valence electrons. The van der Waals surface area contributed by atoms with Crippen molar-refractivity contribution in [1.29, 1.82) is 0 Å². The molecule has 0 bridgehead atoms. The van der Waals surface area contributed by atoms with E-state index in [4.69, 9.17) is 13.7 Å². The summed E-state index contributed by atoms with van der Waals surface area (Å²) in [6.45, 7) is 2.03. The molecule has 0 spiro atoms. The van der Waals surface area contributed by atoms with E-state index in [9.17, 15) is 4.79 Å². The summed E-state index contributed by atoms with van der Waals surface area (Å²) in [5, 5.41) is 12.0. The Morgan fingerprint density at radius 3 is 2.59 bits per heavy atom. The van der Waals surface area contributed by atoms with E-state index in [1.54, 1.807) is 6.07 Å². The Morgan fingerprint density at radius 1 is 1.00 bits per heavy atom. The summed E-state index contributed by atoms with van der Waals surface area (Å²) in [7, 11) is 0. The summed E-state index contributed by atoms with van der Waals surface area (Å²) >= 11 is 0. The van der Waals surface area contributed by atoms with Crippen molar-refractivity contribution in [1.82, 2.24) is 15.4 Å². The van der Waals surface area contributed by atoms with Crippen LogP contribution in [-0.4, -0.2) is 21.3 Å². The van der Waals surface area contributed by atoms with Gasteiger partial charge in [0.1, 0.15) is 5.69 Å². The topological polar surface area (TPSA) is 91.2 Å². The van der Waals surface area contributed by atoms with Crippen LogP contribution in [0.15, 0.2) is 69.6 Å². The molecular formula is C22H19N3O4. The first-order valence-electron chi connectivity index (χ1n) is 9.23. The molecular weight excluding hydrogens is 370 g/mol. The SMILES string of the molecule is Cc1ccc(-c2nnc(CCC(=O)OCc3cc(-c4ccccc4)no3)o2)cc1. The minimum Gasteiger partial charge on any atom is -0.457 e. The molecule has 4 rings (SSSR count). The molecule has 2 aromatic heterocycles. The molecule has 0 aliphatic heterocycles. The fourth-order valence-electron chi connectivity index (χ4n) is 2.73. The van der Waals surface area contributed by atoms with Crippen LogP contribution in [0.25, 0.3) is 22.7 Å². The van der Waals surface area contributed by atoms with Crippen molar-refractivity contribution in [3.05, 3.63) is 77.9 Å². The second-order valence-corrected chi connectivity index (χ2v) is 6.57. The predicted molar refractivity (Wildman–Crippen MR) is 105 cm³/mol. The number of esters is 1. The fraction of sp³-hybridized carbons (Fsp3) is 0.182. The van der Waals surface area contributed by atoms with Crippen LogP contribution in [0.1, 0.15) is 23.6 Å². The Balaban J connectivity index is 1.27. The molecule has 0 N–H and O–H groups in total. The highest BCUT2D eigenvalue weighted by atomic mass is 16.5. The monoisotopic (exact) mass is 389 g/mol. The van der Waals surface area contributed by atoms with Crippen LogP contribution >= 0.6 is 0 Å². The second-order valence-electron chi connectivity index (χ2n) is 6.57. The zero-order valence-corrected chi connectivity index (χ0v) is 15.9. The average Bonchev–Trinajstić information content (AvgIpc) is 3.42. The molecule has 0 aliphatic carbocycles. The molecule has 2 aromatic carbocycles. The van der Waals surface area contributed by atoms with Gasteiger partial charge in [0.25, 0.3) is 0 Å². The number of aromatic nitrogens is 3. The number of aryl methyl sites for hydroxylation is 2. The lowest BCUT2D eigenvalue weighted by Crippen LogP contribution is -2.05. The van der Waals surface area contributed by atoms with Crippen molar-refractivity contribution in [3.8, 4) is 22.7 Å². The molecule has 0 saturated carbocycles. The van der Waals surface area contributed by atoms with Crippen molar-refractivity contribution in [2.45, 2.75) is 26.4 Å². The van der Waals surface area contributed by atoms with Gasteiger partial charge in [-0.1, -0.05) is 53.2 Å². The Kier molecular flexibility index (Phi) is 5.47. The van der Waals surface area contributed by atoms with Crippen molar-refractivity contribution in [2.75, 3.05) is 0 Å². The molecule has 0 aliphatic rings. The van der Waals surface area contributed by atoms with E-state index in [2.05, 4.69) is 15.4 Å². The first-order valence-corrected chi connectivity index (χ1v) is 9.23. The van der Waals surface area contributed by atoms with Gasteiger partial charge in [-0.3, -0.25) is 4.79 Å². The van der Waals surface area contributed by atoms with Crippen molar-refractivity contribution in [3.63, 3.8) is 0 Å². The Bertz CT molecular complexity index is 1080. The highest BCUT2D eigenvalue weighted by Gasteiger charge is 2.13. The van der Waals surface area contributed by atoms with E-state index in [-0.39, 0.29) is 19.0 Å². The highest BCUT2D eigenvalue weighted by Crippen LogP contribution is 2.20. The minimum atomic E-state index is -0.377. The number of nitrogens with zero attached hydrogens (tertiary/aromatic N) is 3. The molecule has 2 heterocycles. The van der Waals surface area contributed by atoms with Gasteiger partial charge in [-0.05, 0) is 19.1 Å². The van der Waals surface area contributed by atoms with Crippen LogP contribution in [0.5, 0.6) is 0 Å². The molecule has 0 amide bonds. The molecule has 0 fully saturated rings. The van der Waals surface area contributed by atoms with E-state index in [0.717, 1.165) is 16.7 Å². The molecule has 0 radical (unpaired) electrons. The molecule has 0 unspecified atom stereocenters. The maximum absolute atomic E-state index is 12.0. The standard InChI is InChI=1S/C22H19N3O4/c1-15-7-9-17(10-8-15)22-24-23-20(28-22)11-12-21(26)27-14-18-13-19(25-29-18)16-5-3-2-4-6-16/h2-10,13H,11-12,14H2,1H3. The third kappa shape index (κ3) is 4.76. The van der Waals surface area contributed by atoms with Crippen LogP contribution in [0.3, 0.4) is 0 Å². The lowest BCUT2D eigenvalue weighted by molar-refractivity contribution is -0.145. The summed E-state index contributed by atoms with van der Waals surface area (Å²) < 4.78 is 16.1. The van der Waals surface area contributed by atoms with Gasteiger partial charge in [0.05, 0.1) is 6.42 Å². The number of hydrogen-bond donors (Lipinski definition) is 0. The normalized spacial score (nSPS) is 10.8. The number of benzene rings is 2. The first-order chi connectivity index (χ1) is 14.2. The summed E-state index contributed by atoms with van der Waals surface area (Å²) in [6, 6.07) is 19.2.